The number of nitrogens with one attached hydrogen (secondary N) is 2. The van der Waals surface area contributed by atoms with Crippen LogP contribution in [0.25, 0.3) is 11.1 Å². The van der Waals surface area contributed by atoms with Gasteiger partial charge in [-0.25, -0.2) is 9.78 Å². The first kappa shape index (κ1) is 19.9. The van der Waals surface area contributed by atoms with Crippen LogP contribution in [0.5, 0.6) is 5.75 Å². The van der Waals surface area contributed by atoms with Gasteiger partial charge in [0.2, 0.25) is 12.1 Å². The minimum Gasteiger partial charge on any atom is -0.497 e. The van der Waals surface area contributed by atoms with Gasteiger partial charge in [-0.05, 0) is 45.8 Å². The lowest BCUT2D eigenvalue weighted by Crippen LogP contribution is -2.42. The maximum Gasteiger partial charge on any atom is 0.321 e. The molecule has 0 unspecified atom stereocenters. The minimum atomic E-state index is -0.699. The van der Waals surface area contributed by atoms with Gasteiger partial charge in [-0.2, -0.15) is 0 Å². The lowest BCUT2D eigenvalue weighted by atomic mass is 10.1. The number of carbonyl (C=O) groups is 3. The van der Waals surface area contributed by atoms with Gasteiger partial charge in [0, 0.05) is 34.7 Å². The fraction of sp³-hybridized carbons (Fsp3) is 0.200. The first-order valence-electron chi connectivity index (χ1n) is 9.00. The molecule has 10 heteroatoms. The van der Waals surface area contributed by atoms with Gasteiger partial charge in [0.1, 0.15) is 17.6 Å². The van der Waals surface area contributed by atoms with Crippen LogP contribution in [0.1, 0.15) is 27.7 Å². The molecule has 2 N–H and O–H groups in total. The quantitative estimate of drug-likeness (QED) is 0.533. The van der Waals surface area contributed by atoms with E-state index < -0.39 is 12.1 Å². The maximum absolute atomic E-state index is 12.9. The van der Waals surface area contributed by atoms with Gasteiger partial charge in [-0.1, -0.05) is 6.07 Å². The van der Waals surface area contributed by atoms with Gasteiger partial charge in [0.05, 0.1) is 7.11 Å². The van der Waals surface area contributed by atoms with E-state index in [9.17, 15) is 14.4 Å². The standard InChI is InChI=1S/C20H17BrN4O5/c1-29-14-3-2-11-8-25(19(27)15(11)6-14)9-16(24-20(28)23-10-26)17-5-12-4-13(21)7-22-18(12)30-17/h2-7,10,16H,8-9H2,1H3,(H2,23,24,26,28)/t16-/m0/s1. The Labute approximate surface area is 179 Å². The number of hydrogen-bond donors (Lipinski definition) is 2. The molecule has 3 heterocycles. The van der Waals surface area contributed by atoms with E-state index in [0.717, 1.165) is 15.4 Å². The Balaban J connectivity index is 1.62. The Morgan fingerprint density at radius 2 is 2.23 bits per heavy atom. The molecule has 0 saturated carbocycles. The normalized spacial score (nSPS) is 13.8. The van der Waals surface area contributed by atoms with Crippen molar-refractivity contribution in [2.24, 2.45) is 0 Å². The van der Waals surface area contributed by atoms with E-state index in [4.69, 9.17) is 9.15 Å². The van der Waals surface area contributed by atoms with Gasteiger partial charge in [0.25, 0.3) is 5.91 Å². The molecule has 0 bridgehead atoms. The third-order valence-electron chi connectivity index (χ3n) is 4.80. The van der Waals surface area contributed by atoms with Crippen LogP contribution >= 0.6 is 15.9 Å². The number of aromatic nitrogens is 1. The molecular weight excluding hydrogens is 456 g/mol. The van der Waals surface area contributed by atoms with Crippen molar-refractivity contribution in [2.45, 2.75) is 12.6 Å². The molecule has 0 radical (unpaired) electrons. The van der Waals surface area contributed by atoms with Crippen LogP contribution in [0.3, 0.4) is 0 Å². The van der Waals surface area contributed by atoms with Crippen molar-refractivity contribution < 1.29 is 23.5 Å². The highest BCUT2D eigenvalue weighted by atomic mass is 79.9. The van der Waals surface area contributed by atoms with E-state index in [1.165, 1.54) is 0 Å². The summed E-state index contributed by atoms with van der Waals surface area (Å²) in [6.07, 6.45) is 1.89. The summed E-state index contributed by atoms with van der Waals surface area (Å²) in [6, 6.07) is 7.52. The summed E-state index contributed by atoms with van der Waals surface area (Å²) in [5.74, 6) is 0.833. The average molecular weight is 473 g/mol. The van der Waals surface area contributed by atoms with Gasteiger partial charge in [0.15, 0.2) is 0 Å². The number of fused-ring (bicyclic) bond motifs is 2. The van der Waals surface area contributed by atoms with E-state index in [1.807, 2.05) is 17.4 Å². The number of rotatable bonds is 6. The predicted octanol–water partition coefficient (Wildman–Crippen LogP) is 2.75. The number of amides is 4. The van der Waals surface area contributed by atoms with Gasteiger partial charge < -0.3 is 19.4 Å². The molecule has 1 aromatic carbocycles. The van der Waals surface area contributed by atoms with Crippen molar-refractivity contribution in [3.05, 3.63) is 57.9 Å². The topological polar surface area (TPSA) is 114 Å². The molecule has 4 rings (SSSR count). The summed E-state index contributed by atoms with van der Waals surface area (Å²) >= 11 is 3.36. The number of furan rings is 1. The number of benzene rings is 1. The zero-order valence-corrected chi connectivity index (χ0v) is 17.4. The van der Waals surface area contributed by atoms with Crippen LogP contribution in [0.2, 0.25) is 0 Å². The van der Waals surface area contributed by atoms with Crippen molar-refractivity contribution in [1.82, 2.24) is 20.5 Å². The number of urea groups is 1. The molecule has 3 aromatic rings. The van der Waals surface area contributed by atoms with E-state index >= 15 is 0 Å². The van der Waals surface area contributed by atoms with Crippen LogP contribution in [0.4, 0.5) is 4.79 Å². The van der Waals surface area contributed by atoms with E-state index in [0.29, 0.717) is 29.3 Å². The number of halogens is 1. The Morgan fingerprint density at radius 1 is 1.40 bits per heavy atom. The van der Waals surface area contributed by atoms with Crippen molar-refractivity contribution in [2.75, 3.05) is 13.7 Å². The van der Waals surface area contributed by atoms with Crippen molar-refractivity contribution >= 4 is 45.4 Å². The minimum absolute atomic E-state index is 0.142. The fourth-order valence-corrected chi connectivity index (χ4v) is 3.74. The lowest BCUT2D eigenvalue weighted by molar-refractivity contribution is -0.108. The second-order valence-electron chi connectivity index (χ2n) is 6.69. The summed E-state index contributed by atoms with van der Waals surface area (Å²) < 4.78 is 11.8. The molecule has 30 heavy (non-hydrogen) atoms. The van der Waals surface area contributed by atoms with Crippen LogP contribution in [-0.2, 0) is 11.3 Å². The van der Waals surface area contributed by atoms with Crippen LogP contribution in [0.15, 0.2) is 45.4 Å². The largest absolute Gasteiger partial charge is 0.497 e. The van der Waals surface area contributed by atoms with Crippen molar-refractivity contribution in [1.29, 1.82) is 0 Å². The molecule has 0 spiro atoms. The Morgan fingerprint density at radius 3 is 3.00 bits per heavy atom. The Bertz CT molecular complexity index is 1150. The average Bonchev–Trinajstić information content (AvgIpc) is 3.28. The highest BCUT2D eigenvalue weighted by Crippen LogP contribution is 2.30. The third kappa shape index (κ3) is 3.86. The van der Waals surface area contributed by atoms with Crippen molar-refractivity contribution in [3.63, 3.8) is 0 Å². The van der Waals surface area contributed by atoms with Crippen LogP contribution in [0, 0.1) is 0 Å². The van der Waals surface area contributed by atoms with E-state index in [2.05, 4.69) is 26.2 Å². The smallest absolute Gasteiger partial charge is 0.321 e. The monoisotopic (exact) mass is 472 g/mol. The molecule has 2 aromatic heterocycles. The predicted molar refractivity (Wildman–Crippen MR) is 110 cm³/mol. The summed E-state index contributed by atoms with van der Waals surface area (Å²) in [5, 5.41) is 5.45. The summed E-state index contributed by atoms with van der Waals surface area (Å²) in [6.45, 7) is 0.527. The number of methoxy groups -OCH3 is 1. The van der Waals surface area contributed by atoms with Gasteiger partial charge in [-0.3, -0.25) is 14.9 Å². The molecule has 0 saturated heterocycles. The molecule has 154 valence electrons. The molecule has 0 fully saturated rings. The summed E-state index contributed by atoms with van der Waals surface area (Å²) in [7, 11) is 1.54. The van der Waals surface area contributed by atoms with Gasteiger partial charge >= 0.3 is 6.03 Å². The first-order chi connectivity index (χ1) is 14.5. The summed E-state index contributed by atoms with van der Waals surface area (Å²) in [4.78, 5) is 41.4. The molecular formula is C20H17BrN4O5. The lowest BCUT2D eigenvalue weighted by Gasteiger charge is -2.23. The highest BCUT2D eigenvalue weighted by molar-refractivity contribution is 9.10. The number of hydrogen-bond acceptors (Lipinski definition) is 6. The summed E-state index contributed by atoms with van der Waals surface area (Å²) in [5.41, 5.74) is 1.82. The first-order valence-corrected chi connectivity index (χ1v) is 9.79. The molecule has 0 aliphatic carbocycles. The fourth-order valence-electron chi connectivity index (χ4n) is 3.39. The van der Waals surface area contributed by atoms with E-state index in [1.54, 1.807) is 36.4 Å². The highest BCUT2D eigenvalue weighted by Gasteiger charge is 2.31. The molecule has 1 aliphatic heterocycles. The number of nitrogens with zero attached hydrogens (tertiary/aromatic N) is 2. The second kappa shape index (κ2) is 8.15. The molecule has 1 atom stereocenters. The zero-order valence-electron chi connectivity index (χ0n) is 15.8. The maximum atomic E-state index is 12.9. The zero-order chi connectivity index (χ0) is 21.3. The second-order valence-corrected chi connectivity index (χ2v) is 7.61. The van der Waals surface area contributed by atoms with Crippen LogP contribution in [-0.4, -0.2) is 41.9 Å². The Kier molecular flexibility index (Phi) is 5.40. The number of ether oxygens (including phenoxy) is 1. The van der Waals surface area contributed by atoms with Crippen LogP contribution < -0.4 is 15.4 Å². The Hall–Kier alpha value is -3.40. The number of imide groups is 1. The molecule has 1 aliphatic rings. The van der Waals surface area contributed by atoms with Crippen molar-refractivity contribution in [3.8, 4) is 5.75 Å². The van der Waals surface area contributed by atoms with Gasteiger partial charge in [-0.15, -0.1) is 0 Å². The SMILES string of the molecule is COc1ccc2c(c1)C(=O)N(C[C@H](NC(=O)NC=O)c1cc3cc(Br)cnc3o1)C2. The third-order valence-corrected chi connectivity index (χ3v) is 5.23. The number of carbonyl (C=O) groups excluding carboxylic acids is 3. The molecule has 9 nitrogen and oxygen atoms in total. The molecule has 4 amide bonds. The van der Waals surface area contributed by atoms with E-state index in [-0.39, 0.29) is 18.9 Å². The number of pyridine rings is 1.